The second kappa shape index (κ2) is 8.18. The zero-order valence-corrected chi connectivity index (χ0v) is 12.6. The van der Waals surface area contributed by atoms with Crippen LogP contribution in [0.4, 0.5) is 14.0 Å². The minimum atomic E-state index is -1.38. The molecular formula is C13H14ClFN2O5. The van der Waals surface area contributed by atoms with Crippen LogP contribution in [-0.2, 0) is 14.3 Å². The van der Waals surface area contributed by atoms with E-state index in [0.717, 1.165) is 19.2 Å². The fourth-order valence-electron chi connectivity index (χ4n) is 1.61. The highest BCUT2D eigenvalue weighted by atomic mass is 35.5. The first kappa shape index (κ1) is 17.7. The SMILES string of the molecule is CCOC(=O)C(c1ccc(F)cc1)N(NC(=O)OC)C(=O)Cl. The van der Waals surface area contributed by atoms with E-state index in [4.69, 9.17) is 16.3 Å². The molecule has 22 heavy (non-hydrogen) atoms. The van der Waals surface area contributed by atoms with Crippen LogP contribution in [0.5, 0.6) is 0 Å². The molecule has 120 valence electrons. The maximum absolute atomic E-state index is 13.0. The van der Waals surface area contributed by atoms with E-state index in [9.17, 15) is 18.8 Å². The Bertz CT molecular complexity index is 552. The Morgan fingerprint density at radius 1 is 1.32 bits per heavy atom. The average molecular weight is 333 g/mol. The third-order valence-electron chi connectivity index (χ3n) is 2.54. The number of hydrazine groups is 1. The van der Waals surface area contributed by atoms with Gasteiger partial charge in [0.2, 0.25) is 0 Å². The summed E-state index contributed by atoms with van der Waals surface area (Å²) in [6, 6.07) is 3.34. The van der Waals surface area contributed by atoms with Crippen molar-refractivity contribution in [2.24, 2.45) is 0 Å². The molecule has 0 spiro atoms. The Morgan fingerprint density at radius 2 is 1.91 bits per heavy atom. The van der Waals surface area contributed by atoms with Gasteiger partial charge in [0.15, 0.2) is 6.04 Å². The van der Waals surface area contributed by atoms with Crippen LogP contribution in [0.25, 0.3) is 0 Å². The molecule has 0 fully saturated rings. The first-order valence-electron chi connectivity index (χ1n) is 6.16. The number of carbonyl (C=O) groups is 3. The van der Waals surface area contributed by atoms with Crippen LogP contribution in [-0.4, -0.2) is 36.2 Å². The van der Waals surface area contributed by atoms with E-state index in [1.54, 1.807) is 6.92 Å². The van der Waals surface area contributed by atoms with Gasteiger partial charge >= 0.3 is 17.4 Å². The van der Waals surface area contributed by atoms with Gasteiger partial charge in [-0.2, -0.15) is 0 Å². The normalized spacial score (nSPS) is 11.3. The number of nitrogens with zero attached hydrogens (tertiary/aromatic N) is 1. The van der Waals surface area contributed by atoms with Gasteiger partial charge in [0.1, 0.15) is 5.82 Å². The van der Waals surface area contributed by atoms with Crippen LogP contribution in [0.2, 0.25) is 0 Å². The van der Waals surface area contributed by atoms with Crippen molar-refractivity contribution in [3.05, 3.63) is 35.6 Å². The van der Waals surface area contributed by atoms with Crippen molar-refractivity contribution in [1.82, 2.24) is 10.4 Å². The van der Waals surface area contributed by atoms with E-state index in [1.807, 2.05) is 5.43 Å². The number of halogens is 2. The average Bonchev–Trinajstić information content (AvgIpc) is 2.48. The van der Waals surface area contributed by atoms with Gasteiger partial charge in [0.05, 0.1) is 13.7 Å². The molecule has 2 amide bonds. The highest BCUT2D eigenvalue weighted by Crippen LogP contribution is 2.23. The number of benzene rings is 1. The van der Waals surface area contributed by atoms with Gasteiger partial charge in [-0.25, -0.2) is 24.4 Å². The molecule has 1 unspecified atom stereocenters. The maximum atomic E-state index is 13.0. The summed E-state index contributed by atoms with van der Waals surface area (Å²) in [7, 11) is 1.07. The number of carbonyl (C=O) groups excluding carboxylic acids is 3. The Hall–Kier alpha value is -2.35. The third kappa shape index (κ3) is 4.59. The third-order valence-corrected chi connectivity index (χ3v) is 2.72. The van der Waals surface area contributed by atoms with Gasteiger partial charge in [-0.15, -0.1) is 0 Å². The van der Waals surface area contributed by atoms with E-state index in [0.29, 0.717) is 5.01 Å². The summed E-state index contributed by atoms with van der Waals surface area (Å²) in [5.41, 5.74) is 2.21. The number of nitrogens with one attached hydrogen (secondary N) is 1. The van der Waals surface area contributed by atoms with E-state index in [2.05, 4.69) is 4.74 Å². The number of hydrogen-bond donors (Lipinski definition) is 1. The Labute approximate surface area is 130 Å². The van der Waals surface area contributed by atoms with Crippen molar-refractivity contribution in [2.75, 3.05) is 13.7 Å². The second-order valence-corrected chi connectivity index (χ2v) is 4.26. The molecule has 1 rings (SSSR count). The minimum absolute atomic E-state index is 0.0407. The molecule has 1 atom stereocenters. The molecular weight excluding hydrogens is 319 g/mol. The van der Waals surface area contributed by atoms with Crippen molar-refractivity contribution in [1.29, 1.82) is 0 Å². The standard InChI is InChI=1S/C13H14ClFN2O5/c1-3-22-11(18)10(8-4-6-9(15)7-5-8)17(12(14)19)16-13(20)21-2/h4-7,10H,3H2,1-2H3,(H,16,20). The molecule has 0 saturated carbocycles. The summed E-state index contributed by atoms with van der Waals surface area (Å²) in [6.45, 7) is 1.61. The van der Waals surface area contributed by atoms with Crippen LogP contribution in [0.1, 0.15) is 18.5 Å². The monoisotopic (exact) mass is 332 g/mol. The lowest BCUT2D eigenvalue weighted by atomic mass is 10.1. The zero-order valence-electron chi connectivity index (χ0n) is 11.8. The summed E-state index contributed by atoms with van der Waals surface area (Å²) < 4.78 is 22.2. The number of amides is 2. The van der Waals surface area contributed by atoms with E-state index in [1.165, 1.54) is 12.1 Å². The second-order valence-electron chi connectivity index (χ2n) is 3.93. The summed E-state index contributed by atoms with van der Waals surface area (Å²) in [5.74, 6) is -1.38. The molecule has 0 heterocycles. The van der Waals surface area contributed by atoms with Gasteiger partial charge in [-0.3, -0.25) is 4.79 Å². The molecule has 0 saturated heterocycles. The van der Waals surface area contributed by atoms with Gasteiger partial charge < -0.3 is 9.47 Å². The van der Waals surface area contributed by atoms with Crippen molar-refractivity contribution in [2.45, 2.75) is 13.0 Å². The van der Waals surface area contributed by atoms with Gasteiger partial charge in [-0.05, 0) is 36.2 Å². The molecule has 0 radical (unpaired) electrons. The van der Waals surface area contributed by atoms with Crippen LogP contribution in [0, 0.1) is 5.82 Å². The highest BCUT2D eigenvalue weighted by Gasteiger charge is 2.33. The number of rotatable bonds is 4. The van der Waals surface area contributed by atoms with Crippen LogP contribution >= 0.6 is 11.6 Å². The maximum Gasteiger partial charge on any atom is 0.425 e. The number of ether oxygens (including phenoxy) is 2. The summed E-state index contributed by atoms with van der Waals surface area (Å²) >= 11 is 5.40. The smallest absolute Gasteiger partial charge is 0.425 e. The molecule has 0 aliphatic rings. The number of esters is 1. The van der Waals surface area contributed by atoms with Crippen LogP contribution < -0.4 is 5.43 Å². The molecule has 0 aromatic heterocycles. The molecule has 1 aromatic carbocycles. The van der Waals surface area contributed by atoms with Gasteiger partial charge in [0.25, 0.3) is 0 Å². The largest absolute Gasteiger partial charge is 0.464 e. The fraction of sp³-hybridized carbons (Fsp3) is 0.308. The zero-order chi connectivity index (χ0) is 16.7. The minimum Gasteiger partial charge on any atom is -0.464 e. The molecule has 1 N–H and O–H groups in total. The lowest BCUT2D eigenvalue weighted by molar-refractivity contribution is -0.149. The molecule has 0 bridgehead atoms. The molecule has 9 heteroatoms. The van der Waals surface area contributed by atoms with Crippen molar-refractivity contribution in [3.63, 3.8) is 0 Å². The molecule has 1 aromatic rings. The lowest BCUT2D eigenvalue weighted by Gasteiger charge is -2.27. The van der Waals surface area contributed by atoms with Gasteiger partial charge in [-0.1, -0.05) is 12.1 Å². The van der Waals surface area contributed by atoms with Crippen LogP contribution in [0.3, 0.4) is 0 Å². The predicted octanol–water partition coefficient (Wildman–Crippen LogP) is 2.36. The molecule has 7 nitrogen and oxygen atoms in total. The summed E-state index contributed by atoms with van der Waals surface area (Å²) in [5, 5.41) is -0.605. The van der Waals surface area contributed by atoms with E-state index in [-0.39, 0.29) is 12.2 Å². The van der Waals surface area contributed by atoms with Crippen LogP contribution in [0.15, 0.2) is 24.3 Å². The van der Waals surface area contributed by atoms with E-state index < -0.39 is 29.3 Å². The van der Waals surface area contributed by atoms with E-state index >= 15 is 0 Å². The highest BCUT2D eigenvalue weighted by molar-refractivity contribution is 6.62. The van der Waals surface area contributed by atoms with Crippen molar-refractivity contribution in [3.8, 4) is 0 Å². The first-order valence-corrected chi connectivity index (χ1v) is 6.53. The Balaban J connectivity index is 3.21. The summed E-state index contributed by atoms with van der Waals surface area (Å²) in [4.78, 5) is 34.9. The molecule has 0 aliphatic heterocycles. The van der Waals surface area contributed by atoms with Crippen molar-refractivity contribution < 1.29 is 28.2 Å². The quantitative estimate of drug-likeness (QED) is 0.396. The Morgan fingerprint density at radius 3 is 2.36 bits per heavy atom. The predicted molar refractivity (Wildman–Crippen MR) is 74.4 cm³/mol. The van der Waals surface area contributed by atoms with Gasteiger partial charge in [0, 0.05) is 0 Å². The first-order chi connectivity index (χ1) is 10.4. The fourth-order valence-corrected chi connectivity index (χ4v) is 1.75. The Kier molecular flexibility index (Phi) is 6.58. The summed E-state index contributed by atoms with van der Waals surface area (Å²) in [6.07, 6.45) is -1.01. The lowest BCUT2D eigenvalue weighted by Crippen LogP contribution is -2.48. The number of methoxy groups -OCH3 is 1. The van der Waals surface area contributed by atoms with Crippen molar-refractivity contribution >= 4 is 29.0 Å². The topological polar surface area (TPSA) is 84.9 Å². The molecule has 0 aliphatic carbocycles. The number of hydrogen-bond acceptors (Lipinski definition) is 5.